The lowest BCUT2D eigenvalue weighted by molar-refractivity contribution is 0.327. The van der Waals surface area contributed by atoms with Crippen LogP contribution >= 0.6 is 0 Å². The second kappa shape index (κ2) is 4.40. The topological polar surface area (TPSA) is 21.8 Å². The van der Waals surface area contributed by atoms with Crippen LogP contribution in [0.5, 0.6) is 0 Å². The van der Waals surface area contributed by atoms with Crippen molar-refractivity contribution in [2.24, 2.45) is 0 Å². The van der Waals surface area contributed by atoms with Crippen LogP contribution in [0.3, 0.4) is 0 Å². The van der Waals surface area contributed by atoms with E-state index < -0.39 is 8.32 Å². The lowest BCUT2D eigenvalue weighted by Crippen LogP contribution is -2.40. The fourth-order valence-corrected chi connectivity index (χ4v) is 2.01. The minimum atomic E-state index is -1.57. The van der Waals surface area contributed by atoms with E-state index in [0.717, 1.165) is 6.61 Å². The molecule has 1 rings (SSSR count). The predicted octanol–water partition coefficient (Wildman–Crippen LogP) is 3.35. The molecule has 0 N–H and O–H groups in total. The van der Waals surface area contributed by atoms with Crippen LogP contribution in [-0.4, -0.2) is 27.1 Å². The highest BCUT2D eigenvalue weighted by Crippen LogP contribution is 2.36. The highest BCUT2D eigenvalue weighted by molar-refractivity contribution is 6.74. The van der Waals surface area contributed by atoms with Gasteiger partial charge in [-0.3, -0.25) is 0 Å². The van der Waals surface area contributed by atoms with Crippen molar-refractivity contribution >= 4 is 8.32 Å². The Balaban J connectivity index is 2.27. The van der Waals surface area contributed by atoms with Crippen molar-refractivity contribution in [1.82, 2.24) is 0 Å². The van der Waals surface area contributed by atoms with E-state index in [0.29, 0.717) is 17.2 Å². The molecule has 2 nitrogen and oxygen atoms in total. The van der Waals surface area contributed by atoms with Crippen molar-refractivity contribution < 1.29 is 9.16 Å². The average molecular weight is 228 g/mol. The largest absolute Gasteiger partial charge is 0.413 e. The maximum absolute atomic E-state index is 6.00. The Bertz CT molecular complexity index is 240. The molecule has 0 spiro atoms. The molecule has 1 fully saturated rings. The van der Waals surface area contributed by atoms with Crippen molar-refractivity contribution in [3.05, 3.63) is 12.2 Å². The summed E-state index contributed by atoms with van der Waals surface area (Å²) in [6, 6.07) is 0. The molecule has 0 saturated carbocycles. The molecule has 0 aromatic carbocycles. The van der Waals surface area contributed by atoms with Gasteiger partial charge in [-0.1, -0.05) is 32.9 Å². The lowest BCUT2D eigenvalue weighted by atomic mass is 10.2. The predicted molar refractivity (Wildman–Crippen MR) is 66.6 cm³/mol. The Morgan fingerprint density at radius 3 is 2.27 bits per heavy atom. The van der Waals surface area contributed by atoms with Crippen molar-refractivity contribution in [2.45, 2.75) is 58.0 Å². The molecule has 0 aromatic rings. The summed E-state index contributed by atoms with van der Waals surface area (Å²) >= 11 is 0. The number of epoxide rings is 1. The van der Waals surface area contributed by atoms with Crippen molar-refractivity contribution in [3.8, 4) is 0 Å². The van der Waals surface area contributed by atoms with Gasteiger partial charge in [0.2, 0.25) is 0 Å². The second-order valence-electron chi connectivity index (χ2n) is 5.81. The van der Waals surface area contributed by atoms with Crippen LogP contribution in [0.15, 0.2) is 12.2 Å². The molecule has 2 unspecified atom stereocenters. The minimum Gasteiger partial charge on any atom is -0.413 e. The summed E-state index contributed by atoms with van der Waals surface area (Å²) in [5, 5.41) is 0.296. The normalized spacial score (nSPS) is 27.3. The third-order valence-electron chi connectivity index (χ3n) is 3.43. The van der Waals surface area contributed by atoms with Crippen LogP contribution in [0.4, 0.5) is 0 Å². The maximum atomic E-state index is 6.00. The summed E-state index contributed by atoms with van der Waals surface area (Å²) < 4.78 is 11.3. The standard InChI is InChI=1S/C12H24O2Si/c1-10-11(14-10)8-7-9-13-15(5,6)12(2,3)4/h7-8,10-11H,9H2,1-6H3/b8-7+. The third kappa shape index (κ3) is 3.74. The zero-order chi connectivity index (χ0) is 11.7. The molecule has 0 radical (unpaired) electrons. The molecular formula is C12H24O2Si. The lowest BCUT2D eigenvalue weighted by Gasteiger charge is -2.35. The van der Waals surface area contributed by atoms with E-state index in [4.69, 9.17) is 9.16 Å². The average Bonchev–Trinajstić information content (AvgIpc) is 2.74. The summed E-state index contributed by atoms with van der Waals surface area (Å²) in [7, 11) is -1.57. The van der Waals surface area contributed by atoms with E-state index in [-0.39, 0.29) is 0 Å². The molecule has 0 aliphatic carbocycles. The Hall–Kier alpha value is -0.123. The number of hydrogen-bond acceptors (Lipinski definition) is 2. The fourth-order valence-electron chi connectivity index (χ4n) is 1.07. The zero-order valence-electron chi connectivity index (χ0n) is 10.8. The highest BCUT2D eigenvalue weighted by atomic mass is 28.4. The van der Waals surface area contributed by atoms with Gasteiger partial charge in [-0.25, -0.2) is 0 Å². The first-order chi connectivity index (χ1) is 6.74. The molecule has 1 heterocycles. The van der Waals surface area contributed by atoms with E-state index in [1.54, 1.807) is 0 Å². The molecule has 1 aliphatic rings. The third-order valence-corrected chi connectivity index (χ3v) is 7.93. The van der Waals surface area contributed by atoms with Gasteiger partial charge in [0.15, 0.2) is 8.32 Å². The van der Waals surface area contributed by atoms with Crippen LogP contribution in [0, 0.1) is 0 Å². The smallest absolute Gasteiger partial charge is 0.192 e. The number of rotatable bonds is 4. The first-order valence-corrected chi connectivity index (χ1v) is 8.61. The molecule has 1 aliphatic heterocycles. The van der Waals surface area contributed by atoms with Gasteiger partial charge in [0.1, 0.15) is 6.10 Å². The summed E-state index contributed by atoms with van der Waals surface area (Å²) in [6.45, 7) is 14.1. The molecule has 0 amide bonds. The van der Waals surface area contributed by atoms with E-state index in [1.165, 1.54) is 0 Å². The molecule has 2 atom stereocenters. The molecule has 1 saturated heterocycles. The molecule has 3 heteroatoms. The van der Waals surface area contributed by atoms with Gasteiger partial charge in [0.05, 0.1) is 12.7 Å². The Morgan fingerprint density at radius 2 is 1.87 bits per heavy atom. The molecule has 15 heavy (non-hydrogen) atoms. The van der Waals surface area contributed by atoms with Crippen LogP contribution in [0.1, 0.15) is 27.7 Å². The van der Waals surface area contributed by atoms with E-state index in [2.05, 4.69) is 52.9 Å². The van der Waals surface area contributed by atoms with E-state index in [1.807, 2.05) is 0 Å². The van der Waals surface area contributed by atoms with Gasteiger partial charge in [-0.05, 0) is 25.1 Å². The summed E-state index contributed by atoms with van der Waals surface area (Å²) in [5.41, 5.74) is 0. The quantitative estimate of drug-likeness (QED) is 0.418. The molecule has 0 bridgehead atoms. The highest BCUT2D eigenvalue weighted by Gasteiger charge is 2.36. The van der Waals surface area contributed by atoms with Gasteiger partial charge in [0.25, 0.3) is 0 Å². The minimum absolute atomic E-state index is 0.296. The second-order valence-corrected chi connectivity index (χ2v) is 10.6. The van der Waals surface area contributed by atoms with Gasteiger partial charge < -0.3 is 9.16 Å². The maximum Gasteiger partial charge on any atom is 0.192 e. The Labute approximate surface area is 94.8 Å². The Morgan fingerprint density at radius 1 is 1.33 bits per heavy atom. The molecule has 0 aromatic heterocycles. The first kappa shape index (κ1) is 12.9. The van der Waals surface area contributed by atoms with Crippen LogP contribution < -0.4 is 0 Å². The summed E-state index contributed by atoms with van der Waals surface area (Å²) in [5.74, 6) is 0. The first-order valence-electron chi connectivity index (χ1n) is 5.70. The van der Waals surface area contributed by atoms with Crippen molar-refractivity contribution in [2.75, 3.05) is 6.61 Å². The van der Waals surface area contributed by atoms with Crippen molar-refractivity contribution in [3.63, 3.8) is 0 Å². The van der Waals surface area contributed by atoms with E-state index >= 15 is 0 Å². The molecular weight excluding hydrogens is 204 g/mol. The van der Waals surface area contributed by atoms with Crippen LogP contribution in [-0.2, 0) is 9.16 Å². The number of hydrogen-bond donors (Lipinski definition) is 0. The SMILES string of the molecule is CC1OC1/C=C/CO[Si](C)(C)C(C)(C)C. The summed E-state index contributed by atoms with van der Waals surface area (Å²) in [4.78, 5) is 0. The van der Waals surface area contributed by atoms with Crippen LogP contribution in [0.2, 0.25) is 18.1 Å². The fraction of sp³-hybridized carbons (Fsp3) is 0.833. The Kier molecular flexibility index (Phi) is 3.79. The summed E-state index contributed by atoms with van der Waals surface area (Å²) in [6.07, 6.45) is 4.95. The van der Waals surface area contributed by atoms with Gasteiger partial charge in [0, 0.05) is 0 Å². The monoisotopic (exact) mass is 228 g/mol. The van der Waals surface area contributed by atoms with E-state index in [9.17, 15) is 0 Å². The van der Waals surface area contributed by atoms with Crippen LogP contribution in [0.25, 0.3) is 0 Å². The van der Waals surface area contributed by atoms with Crippen molar-refractivity contribution in [1.29, 1.82) is 0 Å². The van der Waals surface area contributed by atoms with Gasteiger partial charge in [-0.2, -0.15) is 0 Å². The zero-order valence-corrected chi connectivity index (χ0v) is 11.8. The molecule has 88 valence electrons. The van der Waals surface area contributed by atoms with Gasteiger partial charge in [-0.15, -0.1) is 0 Å². The number of ether oxygens (including phenoxy) is 1. The van der Waals surface area contributed by atoms with Gasteiger partial charge >= 0.3 is 0 Å².